The Morgan fingerprint density at radius 1 is 1.12 bits per heavy atom. The van der Waals surface area contributed by atoms with Crippen molar-refractivity contribution >= 4 is 16.8 Å². The van der Waals surface area contributed by atoms with Gasteiger partial charge in [-0.2, -0.15) is 10.2 Å². The van der Waals surface area contributed by atoms with E-state index >= 15 is 8.78 Å². The number of aromatic amines is 1. The second kappa shape index (κ2) is 7.90. The van der Waals surface area contributed by atoms with Gasteiger partial charge >= 0.3 is 0 Å². The second-order valence-electron chi connectivity index (χ2n) is 7.57. The monoisotopic (exact) mass is 445 g/mol. The van der Waals surface area contributed by atoms with Crippen LogP contribution in [0.4, 0.5) is 8.78 Å². The van der Waals surface area contributed by atoms with Gasteiger partial charge in [0.25, 0.3) is 0 Å². The number of hydrogen-bond donors (Lipinski definition) is 2. The van der Waals surface area contributed by atoms with Crippen molar-refractivity contribution < 1.29 is 13.6 Å². The molecule has 0 aliphatic carbocycles. The maximum Gasteiger partial charge on any atom is 0.229 e. The summed E-state index contributed by atoms with van der Waals surface area (Å²) >= 11 is 0. The molecule has 4 heterocycles. The molecular formula is C23H17F2N7O. The molecule has 4 aromatic heterocycles. The fraction of sp³-hybridized carbons (Fsp3) is 0.0870. The summed E-state index contributed by atoms with van der Waals surface area (Å²) in [6, 6.07) is 7.01. The van der Waals surface area contributed by atoms with Crippen LogP contribution < -0.4 is 5.73 Å². The third-order valence-electron chi connectivity index (χ3n) is 5.38. The summed E-state index contributed by atoms with van der Waals surface area (Å²) in [6.07, 6.45) is 7.87. The van der Waals surface area contributed by atoms with Crippen LogP contribution in [0.2, 0.25) is 0 Å². The molecular weight excluding hydrogens is 428 g/mol. The molecule has 1 aromatic carbocycles. The van der Waals surface area contributed by atoms with Crippen molar-refractivity contribution in [3.8, 4) is 22.5 Å². The summed E-state index contributed by atoms with van der Waals surface area (Å²) in [7, 11) is 1.78. The van der Waals surface area contributed by atoms with Crippen LogP contribution in [0.15, 0.2) is 61.3 Å². The summed E-state index contributed by atoms with van der Waals surface area (Å²) in [5, 5.41) is 11.9. The molecule has 5 aromatic rings. The van der Waals surface area contributed by atoms with E-state index < -0.39 is 23.5 Å². The maximum absolute atomic E-state index is 15.2. The number of carbonyl (C=O) groups excluding carboxylic acids is 1. The van der Waals surface area contributed by atoms with Gasteiger partial charge in [-0.25, -0.2) is 8.78 Å². The molecule has 1 unspecified atom stereocenters. The fourth-order valence-electron chi connectivity index (χ4n) is 3.89. The van der Waals surface area contributed by atoms with Crippen LogP contribution in [-0.4, -0.2) is 35.9 Å². The van der Waals surface area contributed by atoms with Crippen molar-refractivity contribution in [1.82, 2.24) is 29.9 Å². The first kappa shape index (κ1) is 20.4. The van der Waals surface area contributed by atoms with Crippen LogP contribution in [0, 0.1) is 11.6 Å². The maximum atomic E-state index is 15.2. The van der Waals surface area contributed by atoms with Crippen LogP contribution in [0.1, 0.15) is 17.0 Å². The Labute approximate surface area is 186 Å². The number of nitrogens with one attached hydrogen (secondary N) is 1. The molecule has 1 amide bonds. The molecule has 5 rings (SSSR count). The Balaban J connectivity index is 1.61. The van der Waals surface area contributed by atoms with E-state index in [-0.39, 0.29) is 16.8 Å². The van der Waals surface area contributed by atoms with E-state index in [0.29, 0.717) is 22.2 Å². The van der Waals surface area contributed by atoms with Crippen molar-refractivity contribution in [3.63, 3.8) is 0 Å². The number of benzene rings is 1. The topological polar surface area (TPSA) is 115 Å². The molecule has 0 spiro atoms. The summed E-state index contributed by atoms with van der Waals surface area (Å²) < 4.78 is 32.0. The highest BCUT2D eigenvalue weighted by atomic mass is 19.1. The quantitative estimate of drug-likeness (QED) is 0.431. The van der Waals surface area contributed by atoms with Gasteiger partial charge in [0.2, 0.25) is 5.91 Å². The molecule has 0 aliphatic rings. The van der Waals surface area contributed by atoms with E-state index in [1.165, 1.54) is 18.6 Å². The number of nitrogens with zero attached hydrogens (tertiary/aromatic N) is 5. The highest BCUT2D eigenvalue weighted by Crippen LogP contribution is 2.34. The first-order chi connectivity index (χ1) is 15.9. The summed E-state index contributed by atoms with van der Waals surface area (Å²) in [5.41, 5.74) is 7.79. The zero-order chi connectivity index (χ0) is 23.1. The van der Waals surface area contributed by atoms with E-state index in [4.69, 9.17) is 5.73 Å². The van der Waals surface area contributed by atoms with Crippen molar-refractivity contribution in [2.24, 2.45) is 12.8 Å². The summed E-state index contributed by atoms with van der Waals surface area (Å²) in [5.74, 6) is -3.51. The minimum Gasteiger partial charge on any atom is -0.369 e. The molecule has 0 fully saturated rings. The number of pyridine rings is 2. The lowest BCUT2D eigenvalue weighted by Crippen LogP contribution is -2.23. The average Bonchev–Trinajstić information content (AvgIpc) is 3.39. The Bertz CT molecular complexity index is 1470. The van der Waals surface area contributed by atoms with Crippen LogP contribution in [-0.2, 0) is 11.8 Å². The molecule has 164 valence electrons. The molecule has 1 atom stereocenters. The first-order valence-electron chi connectivity index (χ1n) is 9.94. The lowest BCUT2D eigenvalue weighted by atomic mass is 9.90. The van der Waals surface area contributed by atoms with Gasteiger partial charge in [0.1, 0.15) is 17.3 Å². The molecule has 0 aliphatic heterocycles. The van der Waals surface area contributed by atoms with Crippen molar-refractivity contribution in [2.45, 2.75) is 5.92 Å². The van der Waals surface area contributed by atoms with E-state index in [1.807, 2.05) is 0 Å². The molecule has 3 N–H and O–H groups in total. The number of H-pyrrole nitrogens is 1. The zero-order valence-electron chi connectivity index (χ0n) is 17.3. The number of halogens is 2. The molecule has 10 heteroatoms. The number of carbonyl (C=O) groups is 1. The first-order valence-corrected chi connectivity index (χ1v) is 9.94. The molecule has 0 saturated heterocycles. The van der Waals surface area contributed by atoms with E-state index in [2.05, 4.69) is 25.3 Å². The third-order valence-corrected chi connectivity index (χ3v) is 5.38. The Kier molecular flexibility index (Phi) is 4.89. The largest absolute Gasteiger partial charge is 0.369 e. The van der Waals surface area contributed by atoms with Gasteiger partial charge in [0.05, 0.1) is 35.1 Å². The molecule has 0 radical (unpaired) electrons. The number of fused-ring (bicyclic) bond motifs is 1. The number of nitrogens with two attached hydrogens (primary N) is 1. The van der Waals surface area contributed by atoms with Gasteiger partial charge < -0.3 is 5.73 Å². The minimum absolute atomic E-state index is 0.0904. The Hall–Kier alpha value is -4.47. The number of aromatic nitrogens is 6. The van der Waals surface area contributed by atoms with E-state index in [1.54, 1.807) is 42.3 Å². The Morgan fingerprint density at radius 3 is 2.55 bits per heavy atom. The molecule has 0 bridgehead atoms. The number of amides is 1. The molecule has 8 nitrogen and oxygen atoms in total. The lowest BCUT2D eigenvalue weighted by molar-refractivity contribution is -0.118. The van der Waals surface area contributed by atoms with Gasteiger partial charge in [0.15, 0.2) is 0 Å². The smallest absolute Gasteiger partial charge is 0.229 e. The second-order valence-corrected chi connectivity index (χ2v) is 7.57. The van der Waals surface area contributed by atoms with E-state index in [9.17, 15) is 4.79 Å². The average molecular weight is 445 g/mol. The predicted octanol–water partition coefficient (Wildman–Crippen LogP) is 3.32. The van der Waals surface area contributed by atoms with Crippen molar-refractivity contribution in [1.29, 1.82) is 0 Å². The predicted molar refractivity (Wildman–Crippen MR) is 117 cm³/mol. The normalized spacial score (nSPS) is 12.2. The van der Waals surface area contributed by atoms with Gasteiger partial charge in [0, 0.05) is 36.6 Å². The standard InChI is InChI=1S/C23H17F2N7O/c1-32-11-14(9-29-32)22-15-7-18(28-10-19(15)30-31-22)21-16(24)5-13(6-17(21)25)20(23(26)33)12-3-2-4-27-8-12/h2-11,20H,1H3,(H2,26,33)(H,30,31). The summed E-state index contributed by atoms with van der Waals surface area (Å²) in [4.78, 5) is 20.3. The zero-order valence-corrected chi connectivity index (χ0v) is 17.3. The van der Waals surface area contributed by atoms with Crippen molar-refractivity contribution in [3.05, 3.63) is 84.1 Å². The van der Waals surface area contributed by atoms with Gasteiger partial charge in [-0.05, 0) is 35.4 Å². The summed E-state index contributed by atoms with van der Waals surface area (Å²) in [6.45, 7) is 0. The number of hydrogen-bond acceptors (Lipinski definition) is 5. The van der Waals surface area contributed by atoms with Crippen LogP contribution in [0.5, 0.6) is 0 Å². The van der Waals surface area contributed by atoms with Gasteiger partial charge in [-0.3, -0.25) is 24.5 Å². The van der Waals surface area contributed by atoms with Crippen LogP contribution in [0.25, 0.3) is 33.4 Å². The highest BCUT2D eigenvalue weighted by Gasteiger charge is 2.25. The Morgan fingerprint density at radius 2 is 1.91 bits per heavy atom. The third kappa shape index (κ3) is 3.61. The van der Waals surface area contributed by atoms with Gasteiger partial charge in [-0.15, -0.1) is 0 Å². The van der Waals surface area contributed by atoms with Gasteiger partial charge in [-0.1, -0.05) is 6.07 Å². The molecule has 0 saturated carbocycles. The molecule has 33 heavy (non-hydrogen) atoms. The SMILES string of the molecule is Cn1cc(-c2n[nH]c3cnc(-c4c(F)cc(C(C(N)=O)c5cccnc5)cc4F)cc23)cn1. The van der Waals surface area contributed by atoms with Crippen LogP contribution in [0.3, 0.4) is 0 Å². The fourth-order valence-corrected chi connectivity index (χ4v) is 3.89. The lowest BCUT2D eigenvalue weighted by Gasteiger charge is -2.16. The van der Waals surface area contributed by atoms with Crippen molar-refractivity contribution in [2.75, 3.05) is 0 Å². The highest BCUT2D eigenvalue weighted by molar-refractivity contribution is 5.94. The number of primary amides is 1. The number of aryl methyl sites for hydroxylation is 1. The van der Waals surface area contributed by atoms with Crippen LogP contribution >= 0.6 is 0 Å². The van der Waals surface area contributed by atoms with E-state index in [0.717, 1.165) is 17.7 Å². The number of rotatable bonds is 5. The minimum atomic E-state index is -1.04.